The molecule has 1 saturated heterocycles. The van der Waals surface area contributed by atoms with Crippen molar-refractivity contribution in [3.05, 3.63) is 45.7 Å². The van der Waals surface area contributed by atoms with E-state index < -0.39 is 38.4 Å². The quantitative estimate of drug-likeness (QED) is 0.728. The predicted molar refractivity (Wildman–Crippen MR) is 103 cm³/mol. The summed E-state index contributed by atoms with van der Waals surface area (Å²) in [5.74, 6) is -0.466. The number of likely N-dealkylation sites (tertiary alicyclic amines) is 1. The maximum atomic E-state index is 13.4. The number of hydrogen-bond donors (Lipinski definition) is 2. The zero-order valence-corrected chi connectivity index (χ0v) is 17.2. The molecule has 0 aliphatic carbocycles. The lowest BCUT2D eigenvalue weighted by atomic mass is 10.2. The predicted octanol–water partition coefficient (Wildman–Crippen LogP) is 4.34. The van der Waals surface area contributed by atoms with Gasteiger partial charge in [-0.2, -0.15) is 13.2 Å². The van der Waals surface area contributed by atoms with Gasteiger partial charge in [0.2, 0.25) is 0 Å². The van der Waals surface area contributed by atoms with Crippen LogP contribution in [-0.4, -0.2) is 37.3 Å². The first kappa shape index (κ1) is 21.5. The minimum Gasteiger partial charge on any atom is -0.361 e. The van der Waals surface area contributed by atoms with Gasteiger partial charge in [-0.15, -0.1) is 0 Å². The van der Waals surface area contributed by atoms with Crippen LogP contribution in [0.2, 0.25) is 5.02 Å². The summed E-state index contributed by atoms with van der Waals surface area (Å²) in [6, 6.07) is 3.21. The van der Waals surface area contributed by atoms with Gasteiger partial charge in [-0.3, -0.25) is 9.52 Å². The highest BCUT2D eigenvalue weighted by molar-refractivity contribution is 7.92. The fourth-order valence-electron chi connectivity index (χ4n) is 3.52. The van der Waals surface area contributed by atoms with Crippen LogP contribution in [0.4, 0.5) is 18.9 Å². The van der Waals surface area contributed by atoms with E-state index in [1.54, 1.807) is 6.92 Å². The number of nitrogens with zero attached hydrogens (tertiary/aromatic N) is 1. The summed E-state index contributed by atoms with van der Waals surface area (Å²) in [7, 11) is -4.52. The second kappa shape index (κ2) is 7.56. The number of rotatable bonds is 4. The Morgan fingerprint density at radius 1 is 1.17 bits per heavy atom. The van der Waals surface area contributed by atoms with Crippen molar-refractivity contribution in [3.8, 4) is 0 Å². The van der Waals surface area contributed by atoms with E-state index in [1.807, 2.05) is 4.72 Å². The molecule has 0 unspecified atom stereocenters. The topological polar surface area (TPSA) is 82.3 Å². The summed E-state index contributed by atoms with van der Waals surface area (Å²) in [6.45, 7) is 4.00. The van der Waals surface area contributed by atoms with Gasteiger partial charge in [0.15, 0.2) is 0 Å². The maximum absolute atomic E-state index is 13.4. The molecule has 1 aromatic heterocycles. The number of carbonyl (C=O) groups excluding carboxylic acids is 1. The van der Waals surface area contributed by atoms with Crippen molar-refractivity contribution in [2.24, 2.45) is 0 Å². The number of amides is 1. The zero-order chi connectivity index (χ0) is 21.6. The molecule has 1 amide bonds. The van der Waals surface area contributed by atoms with Crippen molar-refractivity contribution in [1.29, 1.82) is 0 Å². The molecule has 6 nitrogen and oxygen atoms in total. The Balaban J connectivity index is 2.09. The highest BCUT2D eigenvalue weighted by atomic mass is 35.5. The lowest BCUT2D eigenvalue weighted by molar-refractivity contribution is -0.136. The molecule has 158 valence electrons. The number of aromatic nitrogens is 1. The Morgan fingerprint density at radius 2 is 1.79 bits per heavy atom. The fourth-order valence-corrected chi connectivity index (χ4v) is 5.33. The van der Waals surface area contributed by atoms with Gasteiger partial charge in [-0.25, -0.2) is 8.42 Å². The highest BCUT2D eigenvalue weighted by Crippen LogP contribution is 2.40. The lowest BCUT2D eigenvalue weighted by Gasteiger charge is -2.18. The number of hydrogen-bond acceptors (Lipinski definition) is 3. The molecule has 0 atom stereocenters. The Morgan fingerprint density at radius 3 is 2.38 bits per heavy atom. The molecule has 0 radical (unpaired) electrons. The molecule has 2 heterocycles. The first-order valence-corrected chi connectivity index (χ1v) is 10.7. The van der Waals surface area contributed by atoms with E-state index in [0.717, 1.165) is 25.0 Å². The van der Waals surface area contributed by atoms with Crippen LogP contribution in [0.5, 0.6) is 0 Å². The van der Waals surface area contributed by atoms with E-state index in [-0.39, 0.29) is 16.2 Å². The molecule has 1 aromatic carbocycles. The number of benzene rings is 1. The Hall–Kier alpha value is -2.20. The smallest absolute Gasteiger partial charge is 0.361 e. The third-order valence-electron chi connectivity index (χ3n) is 4.73. The number of anilines is 1. The Bertz CT molecular complexity index is 1060. The molecular weight excluding hydrogens is 431 g/mol. The van der Waals surface area contributed by atoms with Crippen LogP contribution in [0, 0.1) is 13.8 Å². The van der Waals surface area contributed by atoms with Crippen molar-refractivity contribution in [2.45, 2.75) is 37.8 Å². The van der Waals surface area contributed by atoms with Gasteiger partial charge in [-0.1, -0.05) is 17.7 Å². The van der Waals surface area contributed by atoms with Gasteiger partial charge >= 0.3 is 6.18 Å². The molecule has 0 spiro atoms. The van der Waals surface area contributed by atoms with Gasteiger partial charge in [0, 0.05) is 24.5 Å². The van der Waals surface area contributed by atoms with Gasteiger partial charge in [0.25, 0.3) is 15.9 Å². The first-order chi connectivity index (χ1) is 13.4. The van der Waals surface area contributed by atoms with Gasteiger partial charge in [-0.05, 0) is 38.8 Å². The number of aromatic amines is 1. The number of halogens is 4. The number of nitrogens with one attached hydrogen (secondary N) is 2. The minimum atomic E-state index is -4.87. The largest absolute Gasteiger partial charge is 0.419 e. The molecule has 1 aliphatic heterocycles. The van der Waals surface area contributed by atoms with Gasteiger partial charge < -0.3 is 9.88 Å². The maximum Gasteiger partial charge on any atom is 0.419 e. The van der Waals surface area contributed by atoms with Gasteiger partial charge in [0.1, 0.15) is 4.90 Å². The van der Waals surface area contributed by atoms with Crippen LogP contribution in [0.3, 0.4) is 0 Å². The minimum absolute atomic E-state index is 0.0625. The average molecular weight is 450 g/mol. The monoisotopic (exact) mass is 449 g/mol. The molecule has 2 N–H and O–H groups in total. The van der Waals surface area contributed by atoms with Crippen LogP contribution in [0.15, 0.2) is 23.1 Å². The van der Waals surface area contributed by atoms with Gasteiger partial charge in [0.05, 0.1) is 21.8 Å². The van der Waals surface area contributed by atoms with Crippen LogP contribution in [0.25, 0.3) is 0 Å². The van der Waals surface area contributed by atoms with E-state index in [2.05, 4.69) is 4.98 Å². The number of H-pyrrole nitrogens is 1. The fraction of sp³-hybridized carbons (Fsp3) is 0.389. The zero-order valence-electron chi connectivity index (χ0n) is 15.7. The molecule has 0 bridgehead atoms. The van der Waals surface area contributed by atoms with E-state index in [9.17, 15) is 26.4 Å². The number of aryl methyl sites for hydroxylation is 2. The van der Waals surface area contributed by atoms with Crippen molar-refractivity contribution in [3.63, 3.8) is 0 Å². The van der Waals surface area contributed by atoms with Crippen LogP contribution < -0.4 is 4.72 Å². The summed E-state index contributed by atoms with van der Waals surface area (Å²) >= 11 is 5.67. The third kappa shape index (κ3) is 4.09. The molecule has 29 heavy (non-hydrogen) atoms. The summed E-state index contributed by atoms with van der Waals surface area (Å²) in [4.78, 5) is 16.9. The van der Waals surface area contributed by atoms with Crippen LogP contribution >= 0.6 is 11.6 Å². The van der Waals surface area contributed by atoms with Crippen LogP contribution in [0.1, 0.15) is 40.2 Å². The van der Waals surface area contributed by atoms with Crippen molar-refractivity contribution in [2.75, 3.05) is 17.8 Å². The number of sulfonamides is 1. The second-order valence-electron chi connectivity index (χ2n) is 6.84. The molecule has 1 aliphatic rings. The van der Waals surface area contributed by atoms with E-state index >= 15 is 0 Å². The summed E-state index contributed by atoms with van der Waals surface area (Å²) in [6.07, 6.45) is -3.24. The Labute approximate surface area is 171 Å². The van der Waals surface area contributed by atoms with Crippen LogP contribution in [-0.2, 0) is 16.2 Å². The highest BCUT2D eigenvalue weighted by Gasteiger charge is 2.38. The van der Waals surface area contributed by atoms with Crippen molar-refractivity contribution < 1.29 is 26.4 Å². The third-order valence-corrected chi connectivity index (χ3v) is 6.59. The van der Waals surface area contributed by atoms with E-state index in [4.69, 9.17) is 11.6 Å². The molecular formula is C18H19ClF3N3O3S. The summed E-state index contributed by atoms with van der Waals surface area (Å²) in [5, 5.41) is -0.631. The average Bonchev–Trinajstić information content (AvgIpc) is 3.20. The van der Waals surface area contributed by atoms with E-state index in [0.29, 0.717) is 18.8 Å². The summed E-state index contributed by atoms with van der Waals surface area (Å²) in [5.41, 5.74) is -1.56. The second-order valence-corrected chi connectivity index (χ2v) is 8.87. The number of alkyl halides is 3. The first-order valence-electron chi connectivity index (χ1n) is 8.80. The van der Waals surface area contributed by atoms with E-state index in [1.165, 1.54) is 17.9 Å². The SMILES string of the molecule is Cc1[nH]c(C)c(S(=O)(=O)Nc2cccc(Cl)c2C(F)(F)F)c1C(=O)N1CCCC1. The molecule has 11 heteroatoms. The van der Waals surface area contributed by atoms with Crippen molar-refractivity contribution in [1.82, 2.24) is 9.88 Å². The molecule has 0 saturated carbocycles. The normalized spacial score (nSPS) is 15.0. The summed E-state index contributed by atoms with van der Waals surface area (Å²) < 4.78 is 68.3. The van der Waals surface area contributed by atoms with Crippen molar-refractivity contribution >= 4 is 33.2 Å². The Kier molecular flexibility index (Phi) is 5.61. The standard InChI is InChI=1S/C18H19ClF3N3O3S/c1-10-14(17(26)25-8-3-4-9-25)16(11(2)23-10)29(27,28)24-13-7-5-6-12(19)15(13)18(20,21)22/h5-7,23-24H,3-4,8-9H2,1-2H3. The molecule has 3 rings (SSSR count). The lowest BCUT2D eigenvalue weighted by Crippen LogP contribution is -2.30. The molecule has 1 fully saturated rings. The number of carbonyl (C=O) groups is 1. The molecule has 2 aromatic rings.